The number of ether oxygens (including phenoxy) is 1. The van der Waals surface area contributed by atoms with Crippen LogP contribution in [0.5, 0.6) is 0 Å². The summed E-state index contributed by atoms with van der Waals surface area (Å²) >= 11 is 3.95. The molecule has 0 unspecified atom stereocenters. The summed E-state index contributed by atoms with van der Waals surface area (Å²) in [5.74, 6) is 0.0885. The molecule has 0 aliphatic carbocycles. The summed E-state index contributed by atoms with van der Waals surface area (Å²) in [4.78, 5) is 21.3. The summed E-state index contributed by atoms with van der Waals surface area (Å²) in [6, 6.07) is 0. The minimum atomic E-state index is -0.420. The van der Waals surface area contributed by atoms with Gasteiger partial charge in [-0.3, -0.25) is 9.59 Å². The lowest BCUT2D eigenvalue weighted by Crippen LogP contribution is -2.28. The normalized spacial score (nSPS) is 9.79. The van der Waals surface area contributed by atoms with Crippen LogP contribution in [0.25, 0.3) is 0 Å². The molecule has 6 heteroatoms. The fourth-order valence-electron chi connectivity index (χ4n) is 0.745. The van der Waals surface area contributed by atoms with Crippen LogP contribution in [0.3, 0.4) is 0 Å². The molecule has 0 aliphatic rings. The Morgan fingerprint density at radius 3 is 2.57 bits per heavy atom. The molecule has 0 atom stereocenters. The van der Waals surface area contributed by atoms with Crippen molar-refractivity contribution in [1.82, 2.24) is 5.32 Å². The summed E-state index contributed by atoms with van der Waals surface area (Å²) in [5.41, 5.74) is 4.89. The third-order valence-electron chi connectivity index (χ3n) is 1.40. The standard InChI is InChI=1S/C8H16N2O3S/c9-7(11)1-3-10-8(12)2-4-13-5-6-14/h14H,1-6H2,(H2,9,11)(H,10,12). The molecule has 82 valence electrons. The van der Waals surface area contributed by atoms with Gasteiger partial charge in [0.15, 0.2) is 0 Å². The van der Waals surface area contributed by atoms with Crippen molar-refractivity contribution in [2.24, 2.45) is 5.73 Å². The second-order valence-corrected chi connectivity index (χ2v) is 3.10. The molecule has 0 aromatic rings. The van der Waals surface area contributed by atoms with Gasteiger partial charge in [0.05, 0.1) is 13.2 Å². The van der Waals surface area contributed by atoms with Gasteiger partial charge in [-0.1, -0.05) is 0 Å². The first kappa shape index (κ1) is 13.2. The number of carbonyl (C=O) groups is 2. The van der Waals surface area contributed by atoms with Crippen molar-refractivity contribution in [3.8, 4) is 0 Å². The monoisotopic (exact) mass is 220 g/mol. The van der Waals surface area contributed by atoms with E-state index < -0.39 is 5.91 Å². The lowest BCUT2D eigenvalue weighted by atomic mass is 10.3. The molecule has 0 saturated heterocycles. The van der Waals surface area contributed by atoms with Crippen molar-refractivity contribution < 1.29 is 14.3 Å². The Labute approximate surface area is 88.8 Å². The molecule has 0 radical (unpaired) electrons. The van der Waals surface area contributed by atoms with Gasteiger partial charge in [-0.05, 0) is 0 Å². The number of carbonyl (C=O) groups excluding carboxylic acids is 2. The number of amides is 2. The van der Waals surface area contributed by atoms with E-state index in [0.29, 0.717) is 31.9 Å². The van der Waals surface area contributed by atoms with Gasteiger partial charge in [0.1, 0.15) is 0 Å². The minimum absolute atomic E-state index is 0.134. The summed E-state index contributed by atoms with van der Waals surface area (Å²) in [6.07, 6.45) is 0.468. The molecular weight excluding hydrogens is 204 g/mol. The van der Waals surface area contributed by atoms with Crippen molar-refractivity contribution in [3.05, 3.63) is 0 Å². The highest BCUT2D eigenvalue weighted by Gasteiger charge is 2.01. The number of nitrogens with two attached hydrogens (primary N) is 1. The van der Waals surface area contributed by atoms with Gasteiger partial charge in [0, 0.05) is 25.1 Å². The summed E-state index contributed by atoms with van der Waals surface area (Å²) < 4.78 is 5.05. The lowest BCUT2D eigenvalue weighted by Gasteiger charge is -2.03. The minimum Gasteiger partial charge on any atom is -0.380 e. The van der Waals surface area contributed by atoms with E-state index in [2.05, 4.69) is 17.9 Å². The number of nitrogens with one attached hydrogen (secondary N) is 1. The van der Waals surface area contributed by atoms with Crippen LogP contribution in [-0.2, 0) is 14.3 Å². The zero-order valence-electron chi connectivity index (χ0n) is 7.99. The molecule has 0 heterocycles. The highest BCUT2D eigenvalue weighted by atomic mass is 32.1. The van der Waals surface area contributed by atoms with Gasteiger partial charge in [0.2, 0.25) is 11.8 Å². The predicted octanol–water partition coefficient (Wildman–Crippen LogP) is -0.686. The first-order chi connectivity index (χ1) is 6.66. The molecule has 0 spiro atoms. The smallest absolute Gasteiger partial charge is 0.222 e. The maximum Gasteiger partial charge on any atom is 0.222 e. The Bertz CT molecular complexity index is 187. The molecule has 3 N–H and O–H groups in total. The fraction of sp³-hybridized carbons (Fsp3) is 0.750. The van der Waals surface area contributed by atoms with E-state index in [1.807, 2.05) is 0 Å². The van der Waals surface area contributed by atoms with Crippen LogP contribution in [0.15, 0.2) is 0 Å². The largest absolute Gasteiger partial charge is 0.380 e. The molecule has 0 fully saturated rings. The fourth-order valence-corrected chi connectivity index (χ4v) is 0.874. The highest BCUT2D eigenvalue weighted by Crippen LogP contribution is 1.85. The maximum atomic E-state index is 11.0. The van der Waals surface area contributed by atoms with Gasteiger partial charge in [-0.15, -0.1) is 0 Å². The molecular formula is C8H16N2O3S. The van der Waals surface area contributed by atoms with E-state index in [1.54, 1.807) is 0 Å². The van der Waals surface area contributed by atoms with Gasteiger partial charge in [-0.2, -0.15) is 12.6 Å². The second-order valence-electron chi connectivity index (χ2n) is 2.65. The van der Waals surface area contributed by atoms with Crippen LogP contribution in [0.4, 0.5) is 0 Å². The molecule has 0 bridgehead atoms. The van der Waals surface area contributed by atoms with Crippen molar-refractivity contribution in [3.63, 3.8) is 0 Å². The number of thiol groups is 1. The number of rotatable bonds is 8. The first-order valence-electron chi connectivity index (χ1n) is 4.40. The van der Waals surface area contributed by atoms with Crippen LogP contribution >= 0.6 is 12.6 Å². The Hall–Kier alpha value is -0.750. The maximum absolute atomic E-state index is 11.0. The summed E-state index contributed by atoms with van der Waals surface area (Å²) in [7, 11) is 0. The van der Waals surface area contributed by atoms with Gasteiger partial charge >= 0.3 is 0 Å². The van der Waals surface area contributed by atoms with E-state index >= 15 is 0 Å². The van der Waals surface area contributed by atoms with E-state index in [-0.39, 0.29) is 12.3 Å². The van der Waals surface area contributed by atoms with Crippen LogP contribution in [-0.4, -0.2) is 37.3 Å². The molecule has 14 heavy (non-hydrogen) atoms. The van der Waals surface area contributed by atoms with Gasteiger partial charge in [-0.25, -0.2) is 0 Å². The summed E-state index contributed by atoms with van der Waals surface area (Å²) in [6.45, 7) is 1.21. The van der Waals surface area contributed by atoms with E-state index in [4.69, 9.17) is 10.5 Å². The zero-order chi connectivity index (χ0) is 10.8. The molecule has 5 nitrogen and oxygen atoms in total. The van der Waals surface area contributed by atoms with Crippen molar-refractivity contribution in [2.45, 2.75) is 12.8 Å². The molecule has 2 amide bonds. The van der Waals surface area contributed by atoms with Crippen LogP contribution in [0.2, 0.25) is 0 Å². The van der Waals surface area contributed by atoms with Crippen LogP contribution < -0.4 is 11.1 Å². The topological polar surface area (TPSA) is 81.4 Å². The van der Waals surface area contributed by atoms with E-state index in [1.165, 1.54) is 0 Å². The third kappa shape index (κ3) is 9.34. The number of hydrogen-bond donors (Lipinski definition) is 3. The average molecular weight is 220 g/mol. The number of primary amides is 1. The van der Waals surface area contributed by atoms with Crippen molar-refractivity contribution in [1.29, 1.82) is 0 Å². The molecule has 0 aromatic heterocycles. The second kappa shape index (κ2) is 8.83. The number of hydrogen-bond acceptors (Lipinski definition) is 4. The third-order valence-corrected chi connectivity index (χ3v) is 1.59. The molecule has 0 rings (SSSR count). The quantitative estimate of drug-likeness (QED) is 0.374. The lowest BCUT2D eigenvalue weighted by molar-refractivity contribution is -0.122. The first-order valence-corrected chi connectivity index (χ1v) is 5.03. The Morgan fingerprint density at radius 1 is 1.29 bits per heavy atom. The molecule has 0 aromatic carbocycles. The zero-order valence-corrected chi connectivity index (χ0v) is 8.89. The molecule has 0 saturated carbocycles. The van der Waals surface area contributed by atoms with Gasteiger partial charge in [0.25, 0.3) is 0 Å². The van der Waals surface area contributed by atoms with Crippen molar-refractivity contribution in [2.75, 3.05) is 25.5 Å². The molecule has 0 aliphatic heterocycles. The van der Waals surface area contributed by atoms with E-state index in [0.717, 1.165) is 0 Å². The Morgan fingerprint density at radius 2 is 2.00 bits per heavy atom. The Kier molecular flexibility index (Phi) is 8.36. The van der Waals surface area contributed by atoms with Crippen LogP contribution in [0.1, 0.15) is 12.8 Å². The summed E-state index contributed by atoms with van der Waals surface area (Å²) in [5, 5.41) is 2.55. The van der Waals surface area contributed by atoms with Gasteiger partial charge < -0.3 is 15.8 Å². The van der Waals surface area contributed by atoms with Crippen molar-refractivity contribution >= 4 is 24.4 Å². The Balaban J connectivity index is 3.24. The van der Waals surface area contributed by atoms with Crippen LogP contribution in [0, 0.1) is 0 Å². The van der Waals surface area contributed by atoms with E-state index in [9.17, 15) is 9.59 Å². The SMILES string of the molecule is NC(=O)CCNC(=O)CCOCCS. The highest BCUT2D eigenvalue weighted by molar-refractivity contribution is 7.80. The predicted molar refractivity (Wildman–Crippen MR) is 56.1 cm³/mol. The average Bonchev–Trinajstić information content (AvgIpc) is 2.12.